The van der Waals surface area contributed by atoms with Gasteiger partial charge in [-0.15, -0.1) is 0 Å². The van der Waals surface area contributed by atoms with Crippen molar-refractivity contribution in [2.24, 2.45) is 0 Å². The molecule has 0 bridgehead atoms. The Morgan fingerprint density at radius 2 is 0.883 bits per heavy atom. The molecule has 0 heterocycles. The lowest BCUT2D eigenvalue weighted by molar-refractivity contribution is -0.870. The zero-order chi connectivity index (χ0) is 44.3. The maximum atomic E-state index is 12.7. The molecule has 0 saturated heterocycles. The molecule has 0 fully saturated rings. The van der Waals surface area contributed by atoms with Gasteiger partial charge in [0.2, 0.25) is 0 Å². The van der Waals surface area contributed by atoms with Crippen molar-refractivity contribution in [1.82, 2.24) is 0 Å². The summed E-state index contributed by atoms with van der Waals surface area (Å²) in [7, 11) is 1.48. The molecule has 1 N–H and O–H groups in total. The van der Waals surface area contributed by atoms with Crippen LogP contribution in [0.4, 0.5) is 0 Å². The Kier molecular flexibility index (Phi) is 42.1. The molecule has 60 heavy (non-hydrogen) atoms. The molecule has 356 valence electrons. The van der Waals surface area contributed by atoms with Gasteiger partial charge < -0.3 is 18.9 Å². The van der Waals surface area contributed by atoms with Crippen LogP contribution in [0.15, 0.2) is 12.2 Å². The summed E-state index contributed by atoms with van der Waals surface area (Å²) in [6.07, 6.45) is 47.1. The maximum Gasteiger partial charge on any atom is 0.472 e. The van der Waals surface area contributed by atoms with E-state index in [4.69, 9.17) is 18.5 Å². The van der Waals surface area contributed by atoms with Crippen LogP contribution in [0, 0.1) is 0 Å². The summed E-state index contributed by atoms with van der Waals surface area (Å²) >= 11 is 0. The molecule has 9 nitrogen and oxygen atoms in total. The molecule has 1 unspecified atom stereocenters. The topological polar surface area (TPSA) is 108 Å². The monoisotopic (exact) mass is 873 g/mol. The molecule has 0 aromatic rings. The third kappa shape index (κ3) is 46.3. The van der Waals surface area contributed by atoms with Gasteiger partial charge in [0.05, 0.1) is 27.7 Å². The van der Waals surface area contributed by atoms with E-state index in [2.05, 4.69) is 19.9 Å². The minimum Gasteiger partial charge on any atom is -0.462 e. The van der Waals surface area contributed by atoms with E-state index in [9.17, 15) is 19.0 Å². The predicted octanol–water partition coefficient (Wildman–Crippen LogP) is 14.9. The van der Waals surface area contributed by atoms with Gasteiger partial charge in [-0.05, 0) is 25.7 Å². The minimum atomic E-state index is -4.38. The van der Waals surface area contributed by atoms with Crippen molar-refractivity contribution < 1.29 is 42.1 Å². The second kappa shape index (κ2) is 43.0. The van der Waals surface area contributed by atoms with Crippen LogP contribution in [-0.2, 0) is 32.7 Å². The van der Waals surface area contributed by atoms with Gasteiger partial charge in [-0.25, -0.2) is 4.57 Å². The van der Waals surface area contributed by atoms with E-state index in [-0.39, 0.29) is 26.1 Å². The lowest BCUT2D eigenvalue weighted by Crippen LogP contribution is -2.37. The number of allylic oxidation sites excluding steroid dienone is 2. The van der Waals surface area contributed by atoms with E-state index in [1.54, 1.807) is 0 Å². The number of phosphoric acid groups is 1. The minimum absolute atomic E-state index is 0.0307. The molecule has 0 aliphatic heterocycles. The van der Waals surface area contributed by atoms with E-state index in [1.807, 2.05) is 27.2 Å². The average molecular weight is 873 g/mol. The van der Waals surface area contributed by atoms with Crippen LogP contribution in [0.25, 0.3) is 0 Å². The Bertz CT molecular complexity index is 1030. The van der Waals surface area contributed by atoms with Crippen LogP contribution in [-0.4, -0.2) is 74.9 Å². The normalized spacial score (nSPS) is 13.5. The van der Waals surface area contributed by atoms with Crippen molar-refractivity contribution in [2.45, 2.75) is 251 Å². The van der Waals surface area contributed by atoms with Gasteiger partial charge in [-0.3, -0.25) is 18.6 Å². The molecule has 0 rings (SSSR count). The molecule has 0 spiro atoms. The lowest BCUT2D eigenvalue weighted by atomic mass is 10.0. The first kappa shape index (κ1) is 58.8. The summed E-state index contributed by atoms with van der Waals surface area (Å²) in [5.41, 5.74) is 0. The number of rotatable bonds is 47. The van der Waals surface area contributed by atoms with Gasteiger partial charge in [-0.1, -0.05) is 219 Å². The van der Waals surface area contributed by atoms with E-state index in [0.717, 1.165) is 25.7 Å². The number of unbranched alkanes of at least 4 members (excludes halogenated alkanes) is 31. The first-order valence-corrected chi connectivity index (χ1v) is 26.9. The van der Waals surface area contributed by atoms with Crippen molar-refractivity contribution in [3.8, 4) is 0 Å². The third-order valence-electron chi connectivity index (χ3n) is 11.3. The summed E-state index contributed by atoms with van der Waals surface area (Å²) in [6, 6.07) is 0. The first-order valence-electron chi connectivity index (χ1n) is 25.4. The first-order chi connectivity index (χ1) is 29.0. The molecule has 0 radical (unpaired) electrons. The highest BCUT2D eigenvalue weighted by Crippen LogP contribution is 2.43. The molecule has 0 saturated carbocycles. The predicted molar refractivity (Wildman–Crippen MR) is 252 cm³/mol. The fourth-order valence-corrected chi connectivity index (χ4v) is 8.07. The van der Waals surface area contributed by atoms with E-state index in [0.29, 0.717) is 23.9 Å². The van der Waals surface area contributed by atoms with Crippen molar-refractivity contribution >= 4 is 19.8 Å². The number of likely N-dealkylation sites (N-methyl/N-ethyl adjacent to an activating group) is 1. The molecular weight excluding hydrogens is 774 g/mol. The molecule has 2 atom stereocenters. The van der Waals surface area contributed by atoms with Crippen LogP contribution in [0.2, 0.25) is 0 Å². The van der Waals surface area contributed by atoms with E-state index < -0.39 is 32.5 Å². The summed E-state index contributed by atoms with van der Waals surface area (Å²) in [4.78, 5) is 35.5. The molecule has 10 heteroatoms. The number of carbonyl (C=O) groups excluding carboxylic acids is 2. The molecule has 0 aromatic carbocycles. The number of hydrogen-bond acceptors (Lipinski definition) is 7. The van der Waals surface area contributed by atoms with Gasteiger partial charge in [-0.2, -0.15) is 0 Å². The number of hydrogen-bond donors (Lipinski definition) is 1. The smallest absolute Gasteiger partial charge is 0.462 e. The molecular formula is C50H99NO8P+. The zero-order valence-corrected chi connectivity index (χ0v) is 41.1. The average Bonchev–Trinajstić information content (AvgIpc) is 3.20. The Morgan fingerprint density at radius 1 is 0.500 bits per heavy atom. The van der Waals surface area contributed by atoms with Gasteiger partial charge >= 0.3 is 19.8 Å². The molecule has 0 aliphatic carbocycles. The van der Waals surface area contributed by atoms with Crippen LogP contribution in [0.1, 0.15) is 245 Å². The number of esters is 2. The van der Waals surface area contributed by atoms with Crippen LogP contribution < -0.4 is 0 Å². The van der Waals surface area contributed by atoms with Crippen LogP contribution >= 0.6 is 7.82 Å². The van der Waals surface area contributed by atoms with Gasteiger partial charge in [0.1, 0.15) is 19.8 Å². The second-order valence-corrected chi connectivity index (χ2v) is 20.0. The van der Waals surface area contributed by atoms with Gasteiger partial charge in [0.15, 0.2) is 6.10 Å². The summed E-state index contributed by atoms with van der Waals surface area (Å²) in [5.74, 6) is -0.840. The van der Waals surface area contributed by atoms with Crippen molar-refractivity contribution in [3.63, 3.8) is 0 Å². The van der Waals surface area contributed by atoms with Gasteiger partial charge in [0.25, 0.3) is 0 Å². The fraction of sp³-hybridized carbons (Fsp3) is 0.920. The Morgan fingerprint density at radius 3 is 1.30 bits per heavy atom. The van der Waals surface area contributed by atoms with Crippen molar-refractivity contribution in [3.05, 3.63) is 12.2 Å². The maximum absolute atomic E-state index is 12.7. The Balaban J connectivity index is 4.23. The lowest BCUT2D eigenvalue weighted by Gasteiger charge is -2.24. The standard InChI is InChI=1S/C50H98NO8P/c1-6-8-10-12-14-16-18-20-22-23-24-25-26-27-29-31-33-35-37-39-41-43-50(53)59-48(47-58-60(54,55)57-45-44-51(3,4)5)46-56-49(52)42-40-38-36-34-32-30-28-21-19-17-15-13-11-9-7-2/h36,38,48H,6-35,37,39-47H2,1-5H3/p+1/b38-36+/t48-/m1/s1. The quantitative estimate of drug-likeness (QED) is 0.0212. The van der Waals surface area contributed by atoms with Crippen molar-refractivity contribution in [2.75, 3.05) is 47.5 Å². The third-order valence-corrected chi connectivity index (χ3v) is 12.3. The Labute approximate surface area is 371 Å². The number of quaternary nitrogens is 1. The number of ether oxygens (including phenoxy) is 2. The van der Waals surface area contributed by atoms with E-state index in [1.165, 1.54) is 180 Å². The van der Waals surface area contributed by atoms with Crippen molar-refractivity contribution in [1.29, 1.82) is 0 Å². The zero-order valence-electron chi connectivity index (χ0n) is 40.2. The second-order valence-electron chi connectivity index (χ2n) is 18.6. The molecule has 0 amide bonds. The summed E-state index contributed by atoms with van der Waals surface area (Å²) in [6.45, 7) is 4.43. The number of carbonyl (C=O) groups is 2. The fourth-order valence-electron chi connectivity index (χ4n) is 7.33. The highest BCUT2D eigenvalue weighted by Gasteiger charge is 2.27. The van der Waals surface area contributed by atoms with E-state index >= 15 is 0 Å². The molecule has 0 aromatic heterocycles. The SMILES string of the molecule is CCCCCCCCCCCCC/C=C/CCC(=O)OC[C@H](COP(=O)(O)OCC[N+](C)(C)C)OC(=O)CCCCCCCCCCCCCCCCCCCCCCC. The highest BCUT2D eigenvalue weighted by molar-refractivity contribution is 7.47. The Hall–Kier alpha value is -1.25. The van der Waals surface area contributed by atoms with Crippen LogP contribution in [0.5, 0.6) is 0 Å². The largest absolute Gasteiger partial charge is 0.472 e. The molecule has 0 aliphatic rings. The number of nitrogens with zero attached hydrogens (tertiary/aromatic N) is 1. The summed E-state index contributed by atoms with van der Waals surface area (Å²) < 4.78 is 34.4. The highest BCUT2D eigenvalue weighted by atomic mass is 31.2. The number of phosphoric ester groups is 1. The summed E-state index contributed by atoms with van der Waals surface area (Å²) in [5, 5.41) is 0. The van der Waals surface area contributed by atoms with Crippen LogP contribution in [0.3, 0.4) is 0 Å². The van der Waals surface area contributed by atoms with Gasteiger partial charge in [0, 0.05) is 12.8 Å².